The molecule has 0 atom stereocenters. The second-order valence-electron chi connectivity index (χ2n) is 5.80. The summed E-state index contributed by atoms with van der Waals surface area (Å²) in [6, 6.07) is 9.38. The van der Waals surface area contributed by atoms with Crippen molar-refractivity contribution in [2.45, 2.75) is 25.3 Å². The van der Waals surface area contributed by atoms with Gasteiger partial charge >= 0.3 is 0 Å². The van der Waals surface area contributed by atoms with Gasteiger partial charge in [0.2, 0.25) is 0 Å². The molecule has 0 saturated carbocycles. The Kier molecular flexibility index (Phi) is 3.77. The summed E-state index contributed by atoms with van der Waals surface area (Å²) < 4.78 is 31.5. The van der Waals surface area contributed by atoms with Gasteiger partial charge in [0, 0.05) is 0 Å². The molecule has 0 bridgehead atoms. The standard InChI is InChI=1S/C17H15NO5S/c1-10-3-4-12(11(2)7-10)9-18-15-6-5-13(24(21,22)23)8-14(15)16(19)17(18)20/h3-8H,9H2,1-2H3,(H,21,22,23). The molecule has 1 heterocycles. The van der Waals surface area contributed by atoms with Gasteiger partial charge in [-0.2, -0.15) is 8.42 Å². The molecule has 0 fully saturated rings. The number of nitrogens with zero attached hydrogens (tertiary/aromatic N) is 1. The van der Waals surface area contributed by atoms with Crippen molar-refractivity contribution in [3.8, 4) is 0 Å². The maximum absolute atomic E-state index is 12.3. The zero-order valence-corrected chi connectivity index (χ0v) is 13.9. The fourth-order valence-corrected chi connectivity index (χ4v) is 3.30. The molecule has 124 valence electrons. The first-order valence-corrected chi connectivity index (χ1v) is 8.66. The summed E-state index contributed by atoms with van der Waals surface area (Å²) in [4.78, 5) is 25.3. The summed E-state index contributed by atoms with van der Waals surface area (Å²) >= 11 is 0. The van der Waals surface area contributed by atoms with Crippen LogP contribution >= 0.6 is 0 Å². The number of ketones is 1. The van der Waals surface area contributed by atoms with E-state index in [2.05, 4.69) is 0 Å². The molecule has 1 aliphatic rings. The number of fused-ring (bicyclic) bond motifs is 1. The maximum Gasteiger partial charge on any atom is 0.299 e. The van der Waals surface area contributed by atoms with Crippen LogP contribution in [-0.2, 0) is 21.5 Å². The number of carbonyl (C=O) groups is 2. The van der Waals surface area contributed by atoms with Crippen LogP contribution in [0, 0.1) is 13.8 Å². The first-order valence-electron chi connectivity index (χ1n) is 7.22. The number of Topliss-reactive ketones (excluding diaryl/α,β-unsaturated/α-hetero) is 1. The Morgan fingerprint density at radius 3 is 2.38 bits per heavy atom. The number of carbonyl (C=O) groups excluding carboxylic acids is 2. The molecule has 1 amide bonds. The third kappa shape index (κ3) is 2.72. The molecule has 0 aliphatic carbocycles. The molecule has 0 saturated heterocycles. The number of aryl methyl sites for hydroxylation is 2. The van der Waals surface area contributed by atoms with E-state index in [0.29, 0.717) is 5.69 Å². The molecular formula is C17H15NO5S. The first kappa shape index (κ1) is 16.4. The van der Waals surface area contributed by atoms with E-state index in [-0.39, 0.29) is 12.1 Å². The van der Waals surface area contributed by atoms with E-state index in [9.17, 15) is 18.0 Å². The Balaban J connectivity index is 2.03. The van der Waals surface area contributed by atoms with E-state index >= 15 is 0 Å². The largest absolute Gasteiger partial charge is 0.300 e. The van der Waals surface area contributed by atoms with E-state index < -0.39 is 26.7 Å². The monoisotopic (exact) mass is 345 g/mol. The number of hydrogen-bond donors (Lipinski definition) is 1. The third-order valence-electron chi connectivity index (χ3n) is 4.07. The van der Waals surface area contributed by atoms with Gasteiger partial charge in [0.15, 0.2) is 0 Å². The van der Waals surface area contributed by atoms with Gasteiger partial charge in [0.1, 0.15) is 0 Å². The molecule has 3 rings (SSSR count). The number of anilines is 1. The van der Waals surface area contributed by atoms with Crippen molar-refractivity contribution in [1.82, 2.24) is 0 Å². The van der Waals surface area contributed by atoms with Gasteiger partial charge in [-0.15, -0.1) is 0 Å². The highest BCUT2D eigenvalue weighted by atomic mass is 32.2. The summed E-state index contributed by atoms with van der Waals surface area (Å²) in [5, 5.41) is 0. The predicted molar refractivity (Wildman–Crippen MR) is 87.7 cm³/mol. The number of hydrogen-bond acceptors (Lipinski definition) is 4. The van der Waals surface area contributed by atoms with Gasteiger partial charge in [-0.1, -0.05) is 23.8 Å². The normalized spacial score (nSPS) is 14.2. The Hall–Kier alpha value is -2.51. The van der Waals surface area contributed by atoms with Crippen molar-refractivity contribution in [2.75, 3.05) is 4.90 Å². The van der Waals surface area contributed by atoms with E-state index in [0.717, 1.165) is 22.8 Å². The highest BCUT2D eigenvalue weighted by Crippen LogP contribution is 2.32. The molecule has 1 aliphatic heterocycles. The molecular weight excluding hydrogens is 330 g/mol. The van der Waals surface area contributed by atoms with E-state index in [1.165, 1.54) is 17.0 Å². The van der Waals surface area contributed by atoms with E-state index in [1.54, 1.807) is 0 Å². The van der Waals surface area contributed by atoms with Gasteiger partial charge in [0.05, 0.1) is 22.7 Å². The van der Waals surface area contributed by atoms with E-state index in [1.807, 2.05) is 32.0 Å². The fraction of sp³-hybridized carbons (Fsp3) is 0.176. The smallest absolute Gasteiger partial charge is 0.299 e. The average Bonchev–Trinajstić information content (AvgIpc) is 2.73. The topological polar surface area (TPSA) is 91.8 Å². The van der Waals surface area contributed by atoms with Crippen LogP contribution in [0.5, 0.6) is 0 Å². The highest BCUT2D eigenvalue weighted by Gasteiger charge is 2.36. The fourth-order valence-electron chi connectivity index (χ4n) is 2.79. The zero-order chi connectivity index (χ0) is 17.6. The highest BCUT2D eigenvalue weighted by molar-refractivity contribution is 7.85. The average molecular weight is 345 g/mol. The number of rotatable bonds is 3. The minimum absolute atomic E-state index is 0.0140. The Bertz CT molecular complexity index is 978. The molecule has 1 N–H and O–H groups in total. The molecule has 2 aromatic rings. The van der Waals surface area contributed by atoms with Crippen LogP contribution in [-0.4, -0.2) is 24.7 Å². The number of benzene rings is 2. The van der Waals surface area contributed by atoms with Gasteiger partial charge in [-0.25, -0.2) is 0 Å². The van der Waals surface area contributed by atoms with Crippen molar-refractivity contribution in [2.24, 2.45) is 0 Å². The molecule has 6 nitrogen and oxygen atoms in total. The van der Waals surface area contributed by atoms with Gasteiger partial charge in [-0.05, 0) is 43.2 Å². The summed E-state index contributed by atoms with van der Waals surface area (Å²) in [6.07, 6.45) is 0. The summed E-state index contributed by atoms with van der Waals surface area (Å²) in [6.45, 7) is 4.11. The predicted octanol–water partition coefficient (Wildman–Crippen LogP) is 2.28. The number of amides is 1. The molecule has 24 heavy (non-hydrogen) atoms. The zero-order valence-electron chi connectivity index (χ0n) is 13.1. The Morgan fingerprint density at radius 1 is 1.04 bits per heavy atom. The van der Waals surface area contributed by atoms with Crippen molar-refractivity contribution in [3.63, 3.8) is 0 Å². The third-order valence-corrected chi connectivity index (χ3v) is 4.92. The molecule has 0 unspecified atom stereocenters. The second-order valence-corrected chi connectivity index (χ2v) is 7.23. The molecule has 0 radical (unpaired) electrons. The Morgan fingerprint density at radius 2 is 1.75 bits per heavy atom. The molecule has 2 aromatic carbocycles. The minimum Gasteiger partial charge on any atom is -0.300 e. The SMILES string of the molecule is Cc1ccc(CN2C(=O)C(=O)c3cc(S(=O)(=O)O)ccc32)c(C)c1. The molecule has 7 heteroatoms. The lowest BCUT2D eigenvalue weighted by molar-refractivity contribution is -0.114. The first-order chi connectivity index (χ1) is 11.2. The van der Waals surface area contributed by atoms with Crippen LogP contribution in [0.25, 0.3) is 0 Å². The lowest BCUT2D eigenvalue weighted by atomic mass is 10.1. The van der Waals surface area contributed by atoms with Crippen LogP contribution < -0.4 is 4.90 Å². The van der Waals surface area contributed by atoms with Gasteiger partial charge in [-0.3, -0.25) is 14.1 Å². The minimum atomic E-state index is -4.44. The van der Waals surface area contributed by atoms with Gasteiger partial charge in [0.25, 0.3) is 21.8 Å². The van der Waals surface area contributed by atoms with Crippen molar-refractivity contribution in [3.05, 3.63) is 58.7 Å². The lowest BCUT2D eigenvalue weighted by Gasteiger charge is -2.18. The quantitative estimate of drug-likeness (QED) is 0.681. The van der Waals surface area contributed by atoms with Crippen LogP contribution in [0.1, 0.15) is 27.0 Å². The van der Waals surface area contributed by atoms with Gasteiger partial charge < -0.3 is 4.90 Å². The van der Waals surface area contributed by atoms with Crippen LogP contribution in [0.2, 0.25) is 0 Å². The van der Waals surface area contributed by atoms with Crippen LogP contribution in [0.15, 0.2) is 41.3 Å². The van der Waals surface area contributed by atoms with Crippen LogP contribution in [0.4, 0.5) is 5.69 Å². The maximum atomic E-state index is 12.3. The molecule has 0 aromatic heterocycles. The van der Waals surface area contributed by atoms with E-state index in [4.69, 9.17) is 4.55 Å². The van der Waals surface area contributed by atoms with Crippen molar-refractivity contribution >= 4 is 27.5 Å². The Labute approximate surface area is 139 Å². The summed E-state index contributed by atoms with van der Waals surface area (Å²) in [5.74, 6) is -1.49. The van der Waals surface area contributed by atoms with Crippen molar-refractivity contribution < 1.29 is 22.6 Å². The summed E-state index contributed by atoms with van der Waals surface area (Å²) in [7, 11) is -4.44. The second kappa shape index (κ2) is 5.54. The lowest BCUT2D eigenvalue weighted by Crippen LogP contribution is -2.29. The van der Waals surface area contributed by atoms with Crippen molar-refractivity contribution in [1.29, 1.82) is 0 Å². The molecule has 0 spiro atoms. The van der Waals surface area contributed by atoms with Crippen LogP contribution in [0.3, 0.4) is 0 Å². The summed E-state index contributed by atoms with van der Waals surface area (Å²) in [5.41, 5.74) is 3.32.